The molecule has 2 fully saturated rings. The molecule has 1 aromatic rings. The molecule has 1 atom stereocenters. The fraction of sp³-hybridized carbons (Fsp3) is 0.650. The summed E-state index contributed by atoms with van der Waals surface area (Å²) in [6.07, 6.45) is 3.91. The Morgan fingerprint density at radius 3 is 2.80 bits per heavy atom. The number of nitrogens with zero attached hydrogens (tertiary/aromatic N) is 1. The number of aliphatic hydroxyl groups is 1. The minimum absolute atomic E-state index is 0.0656. The molecule has 1 amide bonds. The molecule has 138 valence electrons. The Morgan fingerprint density at radius 1 is 1.28 bits per heavy atom. The van der Waals surface area contributed by atoms with Crippen LogP contribution in [0.2, 0.25) is 0 Å². The lowest BCUT2D eigenvalue weighted by Gasteiger charge is -2.25. The molecule has 1 aliphatic carbocycles. The van der Waals surface area contributed by atoms with Crippen LogP contribution in [0.15, 0.2) is 18.2 Å². The van der Waals surface area contributed by atoms with Gasteiger partial charge in [0.1, 0.15) is 5.82 Å². The highest BCUT2D eigenvalue weighted by atomic mass is 19.1. The molecule has 0 bridgehead atoms. The number of benzene rings is 1. The van der Waals surface area contributed by atoms with Crippen molar-refractivity contribution < 1.29 is 14.3 Å². The van der Waals surface area contributed by atoms with Gasteiger partial charge in [0.2, 0.25) is 5.91 Å². The van der Waals surface area contributed by atoms with E-state index < -0.39 is 0 Å². The maximum absolute atomic E-state index is 13.7. The van der Waals surface area contributed by atoms with Gasteiger partial charge in [0.15, 0.2) is 0 Å². The molecular formula is C20H29FN2O2. The maximum atomic E-state index is 13.7. The van der Waals surface area contributed by atoms with Gasteiger partial charge in [0, 0.05) is 25.6 Å². The third-order valence-corrected chi connectivity index (χ3v) is 5.78. The molecule has 4 nitrogen and oxygen atoms in total. The van der Waals surface area contributed by atoms with Gasteiger partial charge in [-0.2, -0.15) is 0 Å². The van der Waals surface area contributed by atoms with E-state index in [2.05, 4.69) is 10.2 Å². The van der Waals surface area contributed by atoms with Crippen LogP contribution in [0, 0.1) is 24.6 Å². The quantitative estimate of drug-likeness (QED) is 0.860. The number of rotatable bonds is 5. The van der Waals surface area contributed by atoms with Crippen LogP contribution in [0.3, 0.4) is 0 Å². The van der Waals surface area contributed by atoms with Crippen molar-refractivity contribution in [2.75, 3.05) is 19.6 Å². The number of hydrogen-bond donors (Lipinski definition) is 2. The molecule has 3 rings (SSSR count). The first-order chi connectivity index (χ1) is 12.0. The average Bonchev–Trinajstić information content (AvgIpc) is 3.05. The summed E-state index contributed by atoms with van der Waals surface area (Å²) < 4.78 is 13.7. The van der Waals surface area contributed by atoms with Crippen molar-refractivity contribution in [1.29, 1.82) is 0 Å². The molecule has 25 heavy (non-hydrogen) atoms. The van der Waals surface area contributed by atoms with Gasteiger partial charge in [0.25, 0.3) is 0 Å². The number of hydrogen-bond acceptors (Lipinski definition) is 3. The maximum Gasteiger partial charge on any atom is 0.223 e. The molecule has 0 unspecified atom stereocenters. The zero-order chi connectivity index (χ0) is 17.8. The zero-order valence-electron chi connectivity index (χ0n) is 15.0. The minimum Gasteiger partial charge on any atom is -0.393 e. The average molecular weight is 348 g/mol. The number of aliphatic hydroxyl groups excluding tert-OH is 1. The highest BCUT2D eigenvalue weighted by Gasteiger charge is 2.27. The van der Waals surface area contributed by atoms with Crippen molar-refractivity contribution in [2.24, 2.45) is 11.8 Å². The van der Waals surface area contributed by atoms with Crippen LogP contribution in [-0.4, -0.2) is 41.7 Å². The van der Waals surface area contributed by atoms with Gasteiger partial charge >= 0.3 is 0 Å². The number of carbonyl (C=O) groups is 1. The molecule has 1 heterocycles. The van der Waals surface area contributed by atoms with Gasteiger partial charge in [-0.3, -0.25) is 9.69 Å². The molecule has 2 N–H and O–H groups in total. The van der Waals surface area contributed by atoms with Crippen LogP contribution in [-0.2, 0) is 11.3 Å². The van der Waals surface area contributed by atoms with Crippen molar-refractivity contribution in [3.05, 3.63) is 35.1 Å². The van der Waals surface area contributed by atoms with E-state index >= 15 is 0 Å². The van der Waals surface area contributed by atoms with E-state index in [-0.39, 0.29) is 23.7 Å². The molecule has 1 saturated carbocycles. The number of likely N-dealkylation sites (tertiary alicyclic amines) is 1. The van der Waals surface area contributed by atoms with Crippen molar-refractivity contribution in [3.8, 4) is 0 Å². The Hall–Kier alpha value is -1.46. The van der Waals surface area contributed by atoms with Crippen LogP contribution < -0.4 is 5.32 Å². The molecule has 0 radical (unpaired) electrons. The van der Waals surface area contributed by atoms with E-state index in [1.54, 1.807) is 6.07 Å². The first-order valence-corrected chi connectivity index (χ1v) is 9.45. The summed E-state index contributed by atoms with van der Waals surface area (Å²) in [5.74, 6) is 0.535. The first kappa shape index (κ1) is 18.3. The van der Waals surface area contributed by atoms with E-state index in [4.69, 9.17) is 0 Å². The summed E-state index contributed by atoms with van der Waals surface area (Å²) in [5.41, 5.74) is 1.78. The largest absolute Gasteiger partial charge is 0.393 e. The molecule has 5 heteroatoms. The Kier molecular flexibility index (Phi) is 6.07. The topological polar surface area (TPSA) is 52.6 Å². The molecule has 0 aromatic heterocycles. The molecular weight excluding hydrogens is 319 g/mol. The molecule has 1 aliphatic heterocycles. The number of halogens is 1. The highest BCUT2D eigenvalue weighted by Crippen LogP contribution is 2.25. The van der Waals surface area contributed by atoms with Crippen LogP contribution in [0.4, 0.5) is 4.39 Å². The second-order valence-electron chi connectivity index (χ2n) is 7.66. The fourth-order valence-electron chi connectivity index (χ4n) is 4.01. The minimum atomic E-state index is -0.223. The number of nitrogens with one attached hydrogen (secondary N) is 1. The monoisotopic (exact) mass is 348 g/mol. The number of amides is 1. The van der Waals surface area contributed by atoms with Gasteiger partial charge in [0.05, 0.1) is 6.10 Å². The predicted molar refractivity (Wildman–Crippen MR) is 95.5 cm³/mol. The normalized spacial score (nSPS) is 27.4. The van der Waals surface area contributed by atoms with Crippen molar-refractivity contribution in [1.82, 2.24) is 10.2 Å². The van der Waals surface area contributed by atoms with Gasteiger partial charge in [-0.25, -0.2) is 4.39 Å². The Bertz CT molecular complexity index is 599. The SMILES string of the molecule is Cc1c(F)cccc1CN1CC[C@H](CNC(=O)C2CCC(O)CC2)C1. The highest BCUT2D eigenvalue weighted by molar-refractivity contribution is 5.78. The van der Waals surface area contributed by atoms with Gasteiger partial charge < -0.3 is 10.4 Å². The van der Waals surface area contributed by atoms with E-state index in [0.29, 0.717) is 5.92 Å². The van der Waals surface area contributed by atoms with Crippen molar-refractivity contribution in [2.45, 2.75) is 51.7 Å². The lowest BCUT2D eigenvalue weighted by atomic mass is 9.87. The fourth-order valence-corrected chi connectivity index (χ4v) is 4.01. The Morgan fingerprint density at radius 2 is 2.04 bits per heavy atom. The standard InChI is InChI=1S/C20H29FN2O2/c1-14-17(3-2-4-19(14)21)13-23-10-9-15(12-23)11-22-20(25)16-5-7-18(24)8-6-16/h2-4,15-16,18,24H,5-13H2,1H3,(H,22,25)/t15-,16?,18?/m1/s1. The zero-order valence-corrected chi connectivity index (χ0v) is 15.0. The summed E-state index contributed by atoms with van der Waals surface area (Å²) in [4.78, 5) is 14.6. The summed E-state index contributed by atoms with van der Waals surface area (Å²) >= 11 is 0. The molecule has 1 aromatic carbocycles. The van der Waals surface area contributed by atoms with Crippen LogP contribution in [0.1, 0.15) is 43.2 Å². The van der Waals surface area contributed by atoms with Crippen molar-refractivity contribution >= 4 is 5.91 Å². The summed E-state index contributed by atoms with van der Waals surface area (Å²) in [6.45, 7) is 5.26. The van der Waals surface area contributed by atoms with Crippen molar-refractivity contribution in [3.63, 3.8) is 0 Å². The van der Waals surface area contributed by atoms with Gasteiger partial charge in [-0.05, 0) is 68.7 Å². The smallest absolute Gasteiger partial charge is 0.223 e. The van der Waals surface area contributed by atoms with Gasteiger partial charge in [-0.1, -0.05) is 12.1 Å². The van der Waals surface area contributed by atoms with Gasteiger partial charge in [-0.15, -0.1) is 0 Å². The lowest BCUT2D eigenvalue weighted by Crippen LogP contribution is -2.37. The Labute approximate surface area is 149 Å². The third kappa shape index (κ3) is 4.79. The first-order valence-electron chi connectivity index (χ1n) is 9.45. The number of carbonyl (C=O) groups excluding carboxylic acids is 1. The molecule has 0 spiro atoms. The molecule has 1 saturated heterocycles. The summed E-state index contributed by atoms with van der Waals surface area (Å²) in [7, 11) is 0. The second kappa shape index (κ2) is 8.28. The van der Waals surface area contributed by atoms with E-state index in [9.17, 15) is 14.3 Å². The van der Waals surface area contributed by atoms with Crippen LogP contribution in [0.25, 0.3) is 0 Å². The van der Waals surface area contributed by atoms with Crippen LogP contribution in [0.5, 0.6) is 0 Å². The van der Waals surface area contributed by atoms with E-state index in [1.165, 1.54) is 6.07 Å². The second-order valence-corrected chi connectivity index (χ2v) is 7.66. The van der Waals surface area contributed by atoms with Crippen LogP contribution >= 0.6 is 0 Å². The third-order valence-electron chi connectivity index (χ3n) is 5.78. The Balaban J connectivity index is 1.42. The van der Waals surface area contributed by atoms with E-state index in [1.807, 2.05) is 13.0 Å². The lowest BCUT2D eigenvalue weighted by molar-refractivity contribution is -0.126. The predicted octanol–water partition coefficient (Wildman–Crippen LogP) is 2.62. The summed E-state index contributed by atoms with van der Waals surface area (Å²) in [5, 5.41) is 12.6. The summed E-state index contributed by atoms with van der Waals surface area (Å²) in [6, 6.07) is 5.27. The molecule has 2 aliphatic rings. The van der Waals surface area contributed by atoms with E-state index in [0.717, 1.165) is 69.4 Å².